The number of anilines is 1. The van der Waals surface area contributed by atoms with Gasteiger partial charge in [0.25, 0.3) is 0 Å². The number of rotatable bonds is 10. The summed E-state index contributed by atoms with van der Waals surface area (Å²) in [5.41, 5.74) is 3.39. The first-order valence-corrected chi connectivity index (χ1v) is 12.3. The van der Waals surface area contributed by atoms with Crippen molar-refractivity contribution in [2.75, 3.05) is 44.8 Å². The maximum absolute atomic E-state index is 12.4. The molecule has 0 radical (unpaired) electrons. The Balaban J connectivity index is 1.16. The Labute approximate surface area is 197 Å². The third kappa shape index (κ3) is 6.95. The molecule has 2 aromatic rings. The van der Waals surface area contributed by atoms with Crippen LogP contribution in [0.1, 0.15) is 36.8 Å². The van der Waals surface area contributed by atoms with Gasteiger partial charge in [0.1, 0.15) is 5.75 Å². The fraction of sp³-hybridized carbons (Fsp3) is 0.519. The Morgan fingerprint density at radius 1 is 1.09 bits per heavy atom. The van der Waals surface area contributed by atoms with E-state index in [9.17, 15) is 4.79 Å². The van der Waals surface area contributed by atoms with Crippen molar-refractivity contribution in [2.45, 2.75) is 50.7 Å². The van der Waals surface area contributed by atoms with Crippen LogP contribution in [0.2, 0.25) is 0 Å². The lowest BCUT2D eigenvalue weighted by Crippen LogP contribution is -2.44. The summed E-state index contributed by atoms with van der Waals surface area (Å²) in [4.78, 5) is 14.8. The predicted molar refractivity (Wildman–Crippen MR) is 132 cm³/mol. The smallest absolute Gasteiger partial charge is 0.224 e. The third-order valence-electron chi connectivity index (χ3n) is 6.73. The van der Waals surface area contributed by atoms with Gasteiger partial charge in [0.15, 0.2) is 0 Å². The second-order valence-electron chi connectivity index (χ2n) is 9.06. The van der Waals surface area contributed by atoms with E-state index in [0.29, 0.717) is 25.1 Å². The first-order chi connectivity index (χ1) is 16.2. The van der Waals surface area contributed by atoms with E-state index in [2.05, 4.69) is 39.8 Å². The van der Waals surface area contributed by atoms with Gasteiger partial charge in [-0.2, -0.15) is 0 Å². The van der Waals surface area contributed by atoms with Gasteiger partial charge in [-0.3, -0.25) is 4.79 Å². The number of methoxy groups -OCH3 is 1. The fourth-order valence-electron chi connectivity index (χ4n) is 4.76. The molecule has 1 unspecified atom stereocenters. The first kappa shape index (κ1) is 23.6. The lowest BCUT2D eigenvalue weighted by atomic mass is 10.0. The molecule has 2 saturated heterocycles. The van der Waals surface area contributed by atoms with Gasteiger partial charge in [-0.05, 0) is 61.4 Å². The minimum atomic E-state index is 0.0516. The molecular weight excluding hydrogens is 414 g/mol. The molecule has 2 N–H and O–H groups in total. The minimum absolute atomic E-state index is 0.0516. The molecule has 1 amide bonds. The van der Waals surface area contributed by atoms with Crippen LogP contribution in [-0.4, -0.2) is 57.9 Å². The van der Waals surface area contributed by atoms with E-state index in [4.69, 9.17) is 9.47 Å². The van der Waals surface area contributed by atoms with Crippen molar-refractivity contribution < 1.29 is 14.3 Å². The van der Waals surface area contributed by atoms with Crippen LogP contribution in [0, 0.1) is 0 Å². The van der Waals surface area contributed by atoms with Crippen molar-refractivity contribution in [3.8, 4) is 5.75 Å². The molecule has 2 aromatic carbocycles. The molecule has 0 saturated carbocycles. The summed E-state index contributed by atoms with van der Waals surface area (Å²) in [5.74, 6) is 0.917. The molecule has 2 aliphatic rings. The molecule has 4 rings (SSSR count). The number of hydrogen-bond acceptors (Lipinski definition) is 5. The number of hydrogen-bond donors (Lipinski definition) is 2. The van der Waals surface area contributed by atoms with Crippen LogP contribution < -0.4 is 20.3 Å². The highest BCUT2D eigenvalue weighted by molar-refractivity contribution is 5.78. The van der Waals surface area contributed by atoms with Crippen LogP contribution in [0.4, 0.5) is 5.69 Å². The predicted octanol–water partition coefficient (Wildman–Crippen LogP) is 3.33. The van der Waals surface area contributed by atoms with Crippen LogP contribution in [0.25, 0.3) is 0 Å². The Morgan fingerprint density at radius 3 is 2.61 bits per heavy atom. The average Bonchev–Trinajstić information content (AvgIpc) is 3.38. The summed E-state index contributed by atoms with van der Waals surface area (Å²) in [5, 5.41) is 6.72. The fourth-order valence-corrected chi connectivity index (χ4v) is 4.76. The maximum atomic E-state index is 12.4. The van der Waals surface area contributed by atoms with Gasteiger partial charge in [-0.15, -0.1) is 0 Å². The van der Waals surface area contributed by atoms with E-state index in [1.54, 1.807) is 7.11 Å². The van der Waals surface area contributed by atoms with Gasteiger partial charge in [0.05, 0.1) is 19.6 Å². The quantitative estimate of drug-likeness (QED) is 0.580. The number of benzene rings is 2. The van der Waals surface area contributed by atoms with Crippen molar-refractivity contribution in [2.24, 2.45) is 0 Å². The Kier molecular flexibility index (Phi) is 8.61. The number of ether oxygens (including phenoxy) is 2. The standard InChI is InChI=1S/C27H37N3O3/c1-32-26-7-3-2-5-22(26)12-15-28-27(31)19-21-8-10-24(11-9-21)30-16-13-23(14-17-30)29-20-25-6-4-18-33-25/h2-3,5,7-11,23,25,29H,4,6,12-20H2,1H3,(H,28,31). The molecule has 33 heavy (non-hydrogen) atoms. The highest BCUT2D eigenvalue weighted by Crippen LogP contribution is 2.21. The summed E-state index contributed by atoms with van der Waals surface area (Å²) >= 11 is 0. The molecule has 2 aliphatic heterocycles. The van der Waals surface area contributed by atoms with Crippen molar-refractivity contribution in [3.63, 3.8) is 0 Å². The molecule has 0 aliphatic carbocycles. The number of nitrogens with one attached hydrogen (secondary N) is 2. The molecular formula is C27H37N3O3. The third-order valence-corrected chi connectivity index (χ3v) is 6.73. The largest absolute Gasteiger partial charge is 0.496 e. The van der Waals surface area contributed by atoms with Gasteiger partial charge in [0, 0.05) is 44.5 Å². The number of carbonyl (C=O) groups is 1. The molecule has 0 bridgehead atoms. The summed E-state index contributed by atoms with van der Waals surface area (Å²) in [6, 6.07) is 17.0. The zero-order valence-electron chi connectivity index (χ0n) is 19.7. The first-order valence-electron chi connectivity index (χ1n) is 12.3. The lowest BCUT2D eigenvalue weighted by Gasteiger charge is -2.34. The van der Waals surface area contributed by atoms with Crippen molar-refractivity contribution in [3.05, 3.63) is 59.7 Å². The summed E-state index contributed by atoms with van der Waals surface area (Å²) in [7, 11) is 1.67. The van der Waals surface area contributed by atoms with E-state index in [-0.39, 0.29) is 5.91 Å². The van der Waals surface area contributed by atoms with Gasteiger partial charge < -0.3 is 25.0 Å². The minimum Gasteiger partial charge on any atom is -0.496 e. The molecule has 2 heterocycles. The number of piperidine rings is 1. The van der Waals surface area contributed by atoms with Gasteiger partial charge in [-0.25, -0.2) is 0 Å². The molecule has 0 spiro atoms. The number of carbonyl (C=O) groups excluding carboxylic acids is 1. The Bertz CT molecular complexity index is 872. The van der Waals surface area contributed by atoms with E-state index in [1.165, 1.54) is 18.5 Å². The maximum Gasteiger partial charge on any atom is 0.224 e. The lowest BCUT2D eigenvalue weighted by molar-refractivity contribution is -0.120. The Hall–Kier alpha value is -2.57. The summed E-state index contributed by atoms with van der Waals surface area (Å²) < 4.78 is 11.1. The average molecular weight is 452 g/mol. The van der Waals surface area contributed by atoms with Crippen molar-refractivity contribution >= 4 is 11.6 Å². The van der Waals surface area contributed by atoms with Crippen LogP contribution in [0.5, 0.6) is 5.75 Å². The second kappa shape index (κ2) is 12.1. The number of para-hydroxylation sites is 1. The zero-order chi connectivity index (χ0) is 22.9. The monoisotopic (exact) mass is 451 g/mol. The molecule has 0 aromatic heterocycles. The van der Waals surface area contributed by atoms with Gasteiger partial charge in [-0.1, -0.05) is 30.3 Å². The van der Waals surface area contributed by atoms with Crippen molar-refractivity contribution in [1.29, 1.82) is 0 Å². The van der Waals surface area contributed by atoms with Crippen LogP contribution in [0.15, 0.2) is 48.5 Å². The number of nitrogens with zero attached hydrogens (tertiary/aromatic N) is 1. The molecule has 6 nitrogen and oxygen atoms in total. The van der Waals surface area contributed by atoms with Crippen LogP contribution in [-0.2, 0) is 22.4 Å². The topological polar surface area (TPSA) is 62.8 Å². The van der Waals surface area contributed by atoms with E-state index in [1.807, 2.05) is 24.3 Å². The van der Waals surface area contributed by atoms with Gasteiger partial charge in [0.2, 0.25) is 5.91 Å². The summed E-state index contributed by atoms with van der Waals surface area (Å²) in [6.45, 7) is 4.64. The molecule has 178 valence electrons. The number of amides is 1. The van der Waals surface area contributed by atoms with Gasteiger partial charge >= 0.3 is 0 Å². The highest BCUT2D eigenvalue weighted by atomic mass is 16.5. The SMILES string of the molecule is COc1ccccc1CCNC(=O)Cc1ccc(N2CCC(NCC3CCCO3)CC2)cc1. The Morgan fingerprint density at radius 2 is 1.88 bits per heavy atom. The van der Waals surface area contributed by atoms with Crippen LogP contribution in [0.3, 0.4) is 0 Å². The van der Waals surface area contributed by atoms with Crippen molar-refractivity contribution in [1.82, 2.24) is 10.6 Å². The zero-order valence-corrected chi connectivity index (χ0v) is 19.7. The van der Waals surface area contributed by atoms with E-state index >= 15 is 0 Å². The van der Waals surface area contributed by atoms with Crippen LogP contribution >= 0.6 is 0 Å². The second-order valence-corrected chi connectivity index (χ2v) is 9.06. The normalized spacial score (nSPS) is 18.9. The van der Waals surface area contributed by atoms with E-state index < -0.39 is 0 Å². The summed E-state index contributed by atoms with van der Waals surface area (Å²) in [6.07, 6.45) is 6.28. The molecule has 6 heteroatoms. The molecule has 2 fully saturated rings. The molecule has 1 atom stereocenters. The highest BCUT2D eigenvalue weighted by Gasteiger charge is 2.22. The van der Waals surface area contributed by atoms with E-state index in [0.717, 1.165) is 62.4 Å².